The summed E-state index contributed by atoms with van der Waals surface area (Å²) >= 11 is 11.8. The first kappa shape index (κ1) is 18.5. The average molecular weight is 398 g/mol. The van der Waals surface area contributed by atoms with E-state index in [1.807, 2.05) is 6.07 Å². The second-order valence-electron chi connectivity index (χ2n) is 6.12. The van der Waals surface area contributed by atoms with Crippen LogP contribution in [-0.2, 0) is 20.8 Å². The van der Waals surface area contributed by atoms with Crippen LogP contribution < -0.4 is 10.6 Å². The minimum atomic E-state index is -0.689. The Kier molecular flexibility index (Phi) is 5.38. The number of fused-ring (bicyclic) bond motifs is 1. The minimum absolute atomic E-state index is 0.00420. The van der Waals surface area contributed by atoms with E-state index >= 15 is 0 Å². The lowest BCUT2D eigenvalue weighted by atomic mass is 10.1. The molecule has 9 heteroatoms. The van der Waals surface area contributed by atoms with Crippen molar-refractivity contribution in [1.29, 1.82) is 0 Å². The zero-order chi connectivity index (χ0) is 18.8. The predicted octanol–water partition coefficient (Wildman–Crippen LogP) is 1.19. The van der Waals surface area contributed by atoms with Gasteiger partial charge in [0.15, 0.2) is 5.76 Å². The highest BCUT2D eigenvalue weighted by molar-refractivity contribution is 6.42. The second kappa shape index (κ2) is 7.55. The Morgan fingerprint density at radius 1 is 1.31 bits per heavy atom. The smallest absolute Gasteiger partial charge is 0.290 e. The Morgan fingerprint density at radius 2 is 2.08 bits per heavy atom. The molecular weight excluding hydrogens is 381 g/mol. The van der Waals surface area contributed by atoms with Crippen molar-refractivity contribution in [3.8, 4) is 0 Å². The van der Waals surface area contributed by atoms with E-state index in [1.165, 1.54) is 4.90 Å². The van der Waals surface area contributed by atoms with Gasteiger partial charge in [-0.1, -0.05) is 29.3 Å². The average Bonchev–Trinajstić information content (AvgIpc) is 2.85. The van der Waals surface area contributed by atoms with E-state index in [2.05, 4.69) is 10.6 Å². The number of amides is 3. The SMILES string of the molecule is O=C1CN2C(=O)C(O)=C(C(=O)NCCCc3ccc(Cl)c(Cl)c3)C2CN1. The highest BCUT2D eigenvalue weighted by atomic mass is 35.5. The third-order valence-electron chi connectivity index (χ3n) is 4.39. The number of aliphatic hydroxyl groups is 1. The Balaban J connectivity index is 1.55. The molecule has 138 valence electrons. The summed E-state index contributed by atoms with van der Waals surface area (Å²) in [5.41, 5.74) is 0.998. The Bertz CT molecular complexity index is 809. The minimum Gasteiger partial charge on any atom is -0.503 e. The molecule has 7 nitrogen and oxygen atoms in total. The highest BCUT2D eigenvalue weighted by Crippen LogP contribution is 2.26. The fraction of sp³-hybridized carbons (Fsp3) is 0.353. The molecule has 0 aromatic heterocycles. The molecule has 1 aromatic carbocycles. The number of hydrogen-bond acceptors (Lipinski definition) is 4. The summed E-state index contributed by atoms with van der Waals surface area (Å²) in [5, 5.41) is 16.3. The first-order valence-corrected chi connectivity index (χ1v) is 8.87. The van der Waals surface area contributed by atoms with Gasteiger partial charge in [-0.3, -0.25) is 14.4 Å². The number of aryl methyl sites for hydroxylation is 1. The number of piperazine rings is 1. The Labute approximate surface area is 159 Å². The molecule has 1 unspecified atom stereocenters. The van der Waals surface area contributed by atoms with E-state index in [1.54, 1.807) is 12.1 Å². The van der Waals surface area contributed by atoms with Crippen LogP contribution in [0.5, 0.6) is 0 Å². The van der Waals surface area contributed by atoms with Crippen LogP contribution >= 0.6 is 23.2 Å². The summed E-state index contributed by atoms with van der Waals surface area (Å²) in [6.07, 6.45) is 1.34. The molecule has 0 aliphatic carbocycles. The molecule has 26 heavy (non-hydrogen) atoms. The lowest BCUT2D eigenvalue weighted by Crippen LogP contribution is -2.55. The molecule has 2 heterocycles. The van der Waals surface area contributed by atoms with Crippen LogP contribution in [0.3, 0.4) is 0 Å². The van der Waals surface area contributed by atoms with Crippen molar-refractivity contribution in [3.63, 3.8) is 0 Å². The van der Waals surface area contributed by atoms with Crippen LogP contribution in [0.2, 0.25) is 10.0 Å². The van der Waals surface area contributed by atoms with Gasteiger partial charge in [0.1, 0.15) is 6.54 Å². The van der Waals surface area contributed by atoms with Gasteiger partial charge in [0.2, 0.25) is 5.91 Å². The number of carbonyl (C=O) groups is 3. The maximum absolute atomic E-state index is 12.4. The van der Waals surface area contributed by atoms with Crippen LogP contribution in [-0.4, -0.2) is 53.4 Å². The molecule has 1 aromatic rings. The van der Waals surface area contributed by atoms with Crippen molar-refractivity contribution in [2.24, 2.45) is 0 Å². The highest BCUT2D eigenvalue weighted by Gasteiger charge is 2.45. The molecule has 0 spiro atoms. The fourth-order valence-corrected chi connectivity index (χ4v) is 3.39. The monoisotopic (exact) mass is 397 g/mol. The first-order valence-electron chi connectivity index (χ1n) is 8.11. The number of rotatable bonds is 5. The van der Waals surface area contributed by atoms with Crippen LogP contribution in [0.25, 0.3) is 0 Å². The van der Waals surface area contributed by atoms with Crippen molar-refractivity contribution >= 4 is 40.9 Å². The molecule has 2 aliphatic heterocycles. The molecule has 3 amide bonds. The third kappa shape index (κ3) is 3.64. The number of hydrogen-bond donors (Lipinski definition) is 3. The number of aliphatic hydroxyl groups excluding tert-OH is 1. The number of nitrogens with one attached hydrogen (secondary N) is 2. The lowest BCUT2D eigenvalue weighted by Gasteiger charge is -2.30. The van der Waals surface area contributed by atoms with Crippen molar-refractivity contribution in [1.82, 2.24) is 15.5 Å². The number of nitrogens with zero attached hydrogens (tertiary/aromatic N) is 1. The maximum Gasteiger partial charge on any atom is 0.290 e. The Hall–Kier alpha value is -2.25. The van der Waals surface area contributed by atoms with Crippen molar-refractivity contribution < 1.29 is 19.5 Å². The van der Waals surface area contributed by atoms with E-state index in [0.717, 1.165) is 5.56 Å². The summed E-state index contributed by atoms with van der Waals surface area (Å²) in [6, 6.07) is 4.73. The molecule has 2 aliphatic rings. The first-order chi connectivity index (χ1) is 12.4. The summed E-state index contributed by atoms with van der Waals surface area (Å²) in [4.78, 5) is 37.0. The van der Waals surface area contributed by atoms with Gasteiger partial charge in [0.25, 0.3) is 11.8 Å². The van der Waals surface area contributed by atoms with E-state index < -0.39 is 23.6 Å². The second-order valence-corrected chi connectivity index (χ2v) is 6.94. The maximum atomic E-state index is 12.4. The zero-order valence-corrected chi connectivity index (χ0v) is 15.2. The summed E-state index contributed by atoms with van der Waals surface area (Å²) in [7, 11) is 0. The van der Waals surface area contributed by atoms with E-state index in [4.69, 9.17) is 23.2 Å². The molecule has 3 rings (SSSR count). The van der Waals surface area contributed by atoms with Gasteiger partial charge in [-0.25, -0.2) is 0 Å². The van der Waals surface area contributed by atoms with E-state index in [0.29, 0.717) is 29.4 Å². The van der Waals surface area contributed by atoms with Crippen LogP contribution in [0.15, 0.2) is 29.5 Å². The molecule has 0 saturated carbocycles. The van der Waals surface area contributed by atoms with Gasteiger partial charge >= 0.3 is 0 Å². The zero-order valence-electron chi connectivity index (χ0n) is 13.7. The quantitative estimate of drug-likeness (QED) is 0.649. The number of halogens is 2. The summed E-state index contributed by atoms with van der Waals surface area (Å²) in [6.45, 7) is 0.311. The molecule has 0 bridgehead atoms. The fourth-order valence-electron chi connectivity index (χ4n) is 3.07. The number of benzene rings is 1. The topological polar surface area (TPSA) is 98.7 Å². The largest absolute Gasteiger partial charge is 0.503 e. The molecule has 3 N–H and O–H groups in total. The van der Waals surface area contributed by atoms with E-state index in [-0.39, 0.29) is 24.6 Å². The summed E-state index contributed by atoms with van der Waals surface area (Å²) < 4.78 is 0. The van der Waals surface area contributed by atoms with Crippen molar-refractivity contribution in [2.45, 2.75) is 18.9 Å². The van der Waals surface area contributed by atoms with Crippen LogP contribution in [0, 0.1) is 0 Å². The molecule has 1 fully saturated rings. The van der Waals surface area contributed by atoms with Crippen molar-refractivity contribution in [2.75, 3.05) is 19.6 Å². The molecule has 0 radical (unpaired) electrons. The van der Waals surface area contributed by atoms with Gasteiger partial charge in [-0.15, -0.1) is 0 Å². The van der Waals surface area contributed by atoms with Crippen molar-refractivity contribution in [3.05, 3.63) is 45.1 Å². The van der Waals surface area contributed by atoms with Gasteiger partial charge in [0, 0.05) is 13.1 Å². The summed E-state index contributed by atoms with van der Waals surface area (Å²) in [5.74, 6) is -2.10. The molecule has 1 atom stereocenters. The molecular formula is C17H17Cl2N3O4. The van der Waals surface area contributed by atoms with Gasteiger partial charge in [0.05, 0.1) is 21.7 Å². The number of carbonyl (C=O) groups excluding carboxylic acids is 3. The predicted molar refractivity (Wildman–Crippen MR) is 96.0 cm³/mol. The molecule has 1 saturated heterocycles. The Morgan fingerprint density at radius 3 is 2.81 bits per heavy atom. The van der Waals surface area contributed by atoms with E-state index in [9.17, 15) is 19.5 Å². The third-order valence-corrected chi connectivity index (χ3v) is 5.13. The van der Waals surface area contributed by atoms with Crippen LogP contribution in [0.4, 0.5) is 0 Å². The lowest BCUT2D eigenvalue weighted by molar-refractivity contribution is -0.137. The van der Waals surface area contributed by atoms with Gasteiger partial charge in [-0.05, 0) is 30.5 Å². The van der Waals surface area contributed by atoms with Gasteiger partial charge < -0.3 is 20.6 Å². The standard InChI is InChI=1S/C17H17Cl2N3O4/c18-10-4-3-9(6-11(10)19)2-1-5-20-16(25)14-12-7-21-13(23)8-22(12)17(26)15(14)24/h3-4,6,12,24H,1-2,5,7-8H2,(H,20,25)(H,21,23). The van der Waals surface area contributed by atoms with Crippen LogP contribution in [0.1, 0.15) is 12.0 Å². The van der Waals surface area contributed by atoms with Gasteiger partial charge in [-0.2, -0.15) is 0 Å². The normalized spacial score (nSPS) is 19.5.